The number of piperazine rings is 1. The van der Waals surface area contributed by atoms with Crippen molar-refractivity contribution in [1.29, 1.82) is 0 Å². The Bertz CT molecular complexity index is 490. The van der Waals surface area contributed by atoms with E-state index in [2.05, 4.69) is 24.4 Å². The summed E-state index contributed by atoms with van der Waals surface area (Å²) in [6.45, 7) is 3.36. The number of carboxylic acid groups (broad SMARTS) is 1. The maximum atomic E-state index is 11.9. The number of aliphatic carboxylic acids is 1. The molecule has 1 fully saturated rings. The van der Waals surface area contributed by atoms with Crippen LogP contribution < -0.4 is 5.32 Å². The molecule has 0 aromatic heterocycles. The number of carboxylic acids is 1. The van der Waals surface area contributed by atoms with Crippen LogP contribution in [0.25, 0.3) is 0 Å². The number of benzene rings is 1. The van der Waals surface area contributed by atoms with E-state index < -0.39 is 12.0 Å². The fourth-order valence-electron chi connectivity index (χ4n) is 2.82. The second kappa shape index (κ2) is 7.22. The summed E-state index contributed by atoms with van der Waals surface area (Å²) >= 11 is 0. The van der Waals surface area contributed by atoms with Gasteiger partial charge in [0.25, 0.3) is 0 Å². The molecule has 0 aliphatic carbocycles. The number of aryl methyl sites for hydroxylation is 1. The molecule has 1 amide bonds. The van der Waals surface area contributed by atoms with Crippen molar-refractivity contribution in [3.63, 3.8) is 0 Å². The highest BCUT2D eigenvalue weighted by Crippen LogP contribution is 2.17. The first kappa shape index (κ1) is 15.5. The summed E-state index contributed by atoms with van der Waals surface area (Å²) in [5.41, 5.74) is 1.26. The molecule has 2 atom stereocenters. The van der Waals surface area contributed by atoms with Crippen molar-refractivity contribution in [2.45, 2.75) is 38.3 Å². The largest absolute Gasteiger partial charge is 0.481 e. The first-order valence-corrected chi connectivity index (χ1v) is 7.37. The van der Waals surface area contributed by atoms with Gasteiger partial charge in [-0.25, -0.2) is 0 Å². The average Bonchev–Trinajstić information content (AvgIpc) is 2.47. The molecule has 1 saturated heterocycles. The van der Waals surface area contributed by atoms with Gasteiger partial charge < -0.3 is 10.4 Å². The maximum Gasteiger partial charge on any atom is 0.305 e. The first-order chi connectivity index (χ1) is 10.1. The van der Waals surface area contributed by atoms with Crippen LogP contribution in [0.3, 0.4) is 0 Å². The lowest BCUT2D eigenvalue weighted by molar-refractivity contribution is -0.143. The molecule has 1 aromatic rings. The number of nitrogens with zero attached hydrogens (tertiary/aromatic N) is 1. The van der Waals surface area contributed by atoms with E-state index in [1.54, 1.807) is 0 Å². The number of rotatable bonds is 6. The lowest BCUT2D eigenvalue weighted by Gasteiger charge is -2.38. The zero-order chi connectivity index (χ0) is 15.2. The van der Waals surface area contributed by atoms with Gasteiger partial charge in [-0.1, -0.05) is 30.3 Å². The lowest BCUT2D eigenvalue weighted by Crippen LogP contribution is -2.58. The molecular formula is C16H22N2O3. The summed E-state index contributed by atoms with van der Waals surface area (Å²) in [7, 11) is 0. The number of hydrogen-bond donors (Lipinski definition) is 2. The van der Waals surface area contributed by atoms with Gasteiger partial charge in [0.1, 0.15) is 0 Å². The topological polar surface area (TPSA) is 69.6 Å². The molecule has 5 heteroatoms. The van der Waals surface area contributed by atoms with E-state index in [9.17, 15) is 9.59 Å². The Kier molecular flexibility index (Phi) is 5.33. The number of hydrogen-bond acceptors (Lipinski definition) is 3. The summed E-state index contributed by atoms with van der Waals surface area (Å²) < 4.78 is 0. The Labute approximate surface area is 125 Å². The van der Waals surface area contributed by atoms with Crippen LogP contribution in [-0.2, 0) is 16.0 Å². The molecule has 0 radical (unpaired) electrons. The van der Waals surface area contributed by atoms with E-state index in [0.29, 0.717) is 13.1 Å². The van der Waals surface area contributed by atoms with Crippen LogP contribution in [0.2, 0.25) is 0 Å². The molecule has 2 N–H and O–H groups in total. The van der Waals surface area contributed by atoms with Gasteiger partial charge in [-0.3, -0.25) is 14.5 Å². The summed E-state index contributed by atoms with van der Waals surface area (Å²) in [5, 5.41) is 11.7. The van der Waals surface area contributed by atoms with Gasteiger partial charge in [-0.15, -0.1) is 0 Å². The monoisotopic (exact) mass is 290 g/mol. The highest BCUT2D eigenvalue weighted by Gasteiger charge is 2.33. The van der Waals surface area contributed by atoms with Gasteiger partial charge in [-0.2, -0.15) is 0 Å². The Hall–Kier alpha value is -1.88. The van der Waals surface area contributed by atoms with E-state index in [1.165, 1.54) is 5.56 Å². The van der Waals surface area contributed by atoms with Crippen molar-refractivity contribution in [3.05, 3.63) is 35.9 Å². The van der Waals surface area contributed by atoms with E-state index in [0.717, 1.165) is 12.8 Å². The quantitative estimate of drug-likeness (QED) is 0.828. The molecule has 2 rings (SSSR count). The zero-order valence-electron chi connectivity index (χ0n) is 12.3. The van der Waals surface area contributed by atoms with E-state index >= 15 is 0 Å². The fraction of sp³-hybridized carbons (Fsp3) is 0.500. The Morgan fingerprint density at radius 3 is 2.81 bits per heavy atom. The van der Waals surface area contributed by atoms with Crippen LogP contribution in [-0.4, -0.2) is 47.1 Å². The molecule has 0 spiro atoms. The molecule has 1 aromatic carbocycles. The molecule has 21 heavy (non-hydrogen) atoms. The molecule has 1 aliphatic rings. The summed E-state index contributed by atoms with van der Waals surface area (Å²) in [5.74, 6) is -1.10. The minimum Gasteiger partial charge on any atom is -0.481 e. The smallest absolute Gasteiger partial charge is 0.305 e. The SMILES string of the molecule is CC(CCc1ccccc1)N1CCNC(=O)C1CC(=O)O. The number of carbonyl (C=O) groups excluding carboxylic acids is 1. The highest BCUT2D eigenvalue weighted by atomic mass is 16.4. The average molecular weight is 290 g/mol. The van der Waals surface area contributed by atoms with Gasteiger partial charge in [0.2, 0.25) is 5.91 Å². The normalized spacial score (nSPS) is 20.8. The van der Waals surface area contributed by atoms with Crippen LogP contribution in [0.5, 0.6) is 0 Å². The first-order valence-electron chi connectivity index (χ1n) is 7.37. The van der Waals surface area contributed by atoms with Crippen LogP contribution in [0.4, 0.5) is 0 Å². The van der Waals surface area contributed by atoms with Gasteiger partial charge in [0, 0.05) is 19.1 Å². The molecule has 114 valence electrons. The highest BCUT2D eigenvalue weighted by molar-refractivity contribution is 5.86. The van der Waals surface area contributed by atoms with E-state index in [4.69, 9.17) is 5.11 Å². The van der Waals surface area contributed by atoms with Crippen molar-refractivity contribution >= 4 is 11.9 Å². The lowest BCUT2D eigenvalue weighted by atomic mass is 10.0. The van der Waals surface area contributed by atoms with Crippen molar-refractivity contribution in [3.8, 4) is 0 Å². The number of carbonyl (C=O) groups is 2. The Balaban J connectivity index is 1.96. The van der Waals surface area contributed by atoms with Crippen LogP contribution in [0.15, 0.2) is 30.3 Å². The minimum atomic E-state index is -0.933. The van der Waals surface area contributed by atoms with Crippen molar-refractivity contribution < 1.29 is 14.7 Å². The van der Waals surface area contributed by atoms with Gasteiger partial charge in [-0.05, 0) is 25.3 Å². The maximum absolute atomic E-state index is 11.9. The molecule has 0 bridgehead atoms. The van der Waals surface area contributed by atoms with Gasteiger partial charge in [0.05, 0.1) is 12.5 Å². The zero-order valence-corrected chi connectivity index (χ0v) is 12.3. The summed E-state index contributed by atoms with van der Waals surface area (Å²) in [6, 6.07) is 9.82. The number of amides is 1. The van der Waals surface area contributed by atoms with Crippen molar-refractivity contribution in [2.75, 3.05) is 13.1 Å². The van der Waals surface area contributed by atoms with Crippen LogP contribution in [0.1, 0.15) is 25.3 Å². The van der Waals surface area contributed by atoms with Crippen molar-refractivity contribution in [2.24, 2.45) is 0 Å². The summed E-state index contributed by atoms with van der Waals surface area (Å²) in [6.07, 6.45) is 1.70. The molecule has 1 heterocycles. The molecular weight excluding hydrogens is 268 g/mol. The van der Waals surface area contributed by atoms with E-state index in [-0.39, 0.29) is 18.4 Å². The van der Waals surface area contributed by atoms with Gasteiger partial charge >= 0.3 is 5.97 Å². The number of nitrogens with one attached hydrogen (secondary N) is 1. The van der Waals surface area contributed by atoms with Gasteiger partial charge in [0.15, 0.2) is 0 Å². The Morgan fingerprint density at radius 2 is 2.14 bits per heavy atom. The fourth-order valence-corrected chi connectivity index (χ4v) is 2.82. The van der Waals surface area contributed by atoms with Crippen molar-refractivity contribution in [1.82, 2.24) is 10.2 Å². The second-order valence-electron chi connectivity index (χ2n) is 5.52. The predicted octanol–water partition coefficient (Wildman–Crippen LogP) is 1.28. The van der Waals surface area contributed by atoms with E-state index in [1.807, 2.05) is 23.1 Å². The minimum absolute atomic E-state index is 0.137. The Morgan fingerprint density at radius 1 is 1.43 bits per heavy atom. The standard InChI is InChI=1S/C16H22N2O3/c1-12(7-8-13-5-3-2-4-6-13)18-10-9-17-16(21)14(18)11-15(19)20/h2-6,12,14H,7-11H2,1H3,(H,17,21)(H,19,20). The second-order valence-corrected chi connectivity index (χ2v) is 5.52. The molecule has 5 nitrogen and oxygen atoms in total. The third-order valence-electron chi connectivity index (χ3n) is 4.00. The third kappa shape index (κ3) is 4.29. The van der Waals surface area contributed by atoms with Crippen LogP contribution >= 0.6 is 0 Å². The third-order valence-corrected chi connectivity index (χ3v) is 4.00. The van der Waals surface area contributed by atoms with Crippen LogP contribution in [0, 0.1) is 0 Å². The predicted molar refractivity (Wildman–Crippen MR) is 80.0 cm³/mol. The molecule has 0 saturated carbocycles. The summed E-state index contributed by atoms with van der Waals surface area (Å²) in [4.78, 5) is 24.9. The molecule has 1 aliphatic heterocycles. The molecule has 2 unspecified atom stereocenters.